The van der Waals surface area contributed by atoms with Crippen molar-refractivity contribution in [2.75, 3.05) is 26.0 Å². The molecule has 1 fully saturated rings. The van der Waals surface area contributed by atoms with Crippen molar-refractivity contribution in [1.82, 2.24) is 23.6 Å². The number of aromatic nitrogens is 4. The van der Waals surface area contributed by atoms with E-state index < -0.39 is 6.10 Å². The van der Waals surface area contributed by atoms with E-state index in [1.54, 1.807) is 37.9 Å². The van der Waals surface area contributed by atoms with Gasteiger partial charge in [-0.3, -0.25) is 18.7 Å². The number of methoxy groups -OCH3 is 1. The highest BCUT2D eigenvalue weighted by Crippen LogP contribution is 2.62. The first kappa shape index (κ1) is 32.1. The van der Waals surface area contributed by atoms with Gasteiger partial charge in [-0.15, -0.1) is 0 Å². The minimum atomic E-state index is -0.539. The molecule has 1 saturated heterocycles. The van der Waals surface area contributed by atoms with Gasteiger partial charge >= 0.3 is 5.69 Å². The van der Waals surface area contributed by atoms with E-state index in [0.29, 0.717) is 28.8 Å². The number of benzene rings is 2. The Balaban J connectivity index is 0.000000134. The summed E-state index contributed by atoms with van der Waals surface area (Å²) in [5, 5.41) is 22.0. The lowest BCUT2D eigenvalue weighted by molar-refractivity contribution is -0.114. The molecule has 4 aromatic rings. The van der Waals surface area contributed by atoms with Crippen LogP contribution < -0.4 is 26.0 Å². The number of ether oxygens (including phenoxy) is 2. The average molecular weight is 645 g/mol. The molecule has 2 bridgehead atoms. The first-order valence-electron chi connectivity index (χ1n) is 15.5. The summed E-state index contributed by atoms with van der Waals surface area (Å²) in [6, 6.07) is 11.0. The second-order valence-corrected chi connectivity index (χ2v) is 12.6. The number of likely N-dealkylation sites (tertiary alicyclic amines) is 1. The smallest absolute Gasteiger partial charge is 0.332 e. The van der Waals surface area contributed by atoms with Crippen LogP contribution in [0.1, 0.15) is 24.5 Å². The first-order chi connectivity index (χ1) is 22.4. The lowest BCUT2D eigenvalue weighted by atomic mass is 9.53. The standard InChI is InChI=1S/C18H21NO3.C8H10N4O2.C8H9NO2/c1-19-8-7-18-11-4-5-13(20)17(18)22-16-14(21-2)6-3-10(15(16)18)9-12(11)19;1-10-4-9-6-5(10)7(13)12(3)8(14)11(6)2;1-6(10)9-7-2-4-8(11)5-3-7/h3-6,11-13,17,20H,7-9H2,1-2H3;4H,1-3H3;2-5,11H,1H3,(H,9,10)/t11-,12+,13-,17-,18-;;/m0../s1. The Bertz CT molecular complexity index is 2000. The molecule has 4 aliphatic rings. The molecule has 2 aliphatic carbocycles. The number of aryl methyl sites for hydroxylation is 2. The summed E-state index contributed by atoms with van der Waals surface area (Å²) >= 11 is 0. The number of phenols is 1. The molecule has 0 saturated carbocycles. The molecule has 8 rings (SSSR count). The van der Waals surface area contributed by atoms with Crippen molar-refractivity contribution in [2.24, 2.45) is 27.1 Å². The topological polar surface area (TPSA) is 153 Å². The van der Waals surface area contributed by atoms with Crippen LogP contribution in [0.4, 0.5) is 5.69 Å². The normalized spacial score (nSPS) is 24.7. The Morgan fingerprint density at radius 2 is 1.79 bits per heavy atom. The number of carbonyl (C=O) groups excluding carboxylic acids is 1. The molecule has 13 nitrogen and oxygen atoms in total. The number of carbonyl (C=O) groups is 1. The van der Waals surface area contributed by atoms with Crippen molar-refractivity contribution in [2.45, 2.75) is 43.4 Å². The quantitative estimate of drug-likeness (QED) is 0.219. The van der Waals surface area contributed by atoms with Crippen molar-refractivity contribution < 1.29 is 24.5 Å². The summed E-state index contributed by atoms with van der Waals surface area (Å²) < 4.78 is 15.9. The first-order valence-corrected chi connectivity index (χ1v) is 15.5. The summed E-state index contributed by atoms with van der Waals surface area (Å²) in [6.07, 6.45) is 7.06. The zero-order valence-corrected chi connectivity index (χ0v) is 27.3. The third kappa shape index (κ3) is 5.19. The number of rotatable bonds is 2. The van der Waals surface area contributed by atoms with E-state index >= 15 is 0 Å². The zero-order chi connectivity index (χ0) is 33.8. The Hall–Kier alpha value is -4.88. The molecular weight excluding hydrogens is 604 g/mol. The number of amides is 1. The Kier molecular flexibility index (Phi) is 8.22. The molecule has 0 unspecified atom stereocenters. The third-order valence-corrected chi connectivity index (χ3v) is 9.86. The fourth-order valence-electron chi connectivity index (χ4n) is 7.61. The molecular formula is C34H40N6O7. The van der Waals surface area contributed by atoms with Gasteiger partial charge in [0.2, 0.25) is 5.91 Å². The summed E-state index contributed by atoms with van der Waals surface area (Å²) in [6.45, 7) is 2.49. The highest BCUT2D eigenvalue weighted by Gasteiger charge is 2.64. The maximum Gasteiger partial charge on any atom is 0.332 e. The number of hydrogen-bond donors (Lipinski definition) is 3. The molecule has 47 heavy (non-hydrogen) atoms. The van der Waals surface area contributed by atoms with Gasteiger partial charge in [0.25, 0.3) is 5.56 Å². The lowest BCUT2D eigenvalue weighted by Gasteiger charge is -2.56. The van der Waals surface area contributed by atoms with Gasteiger partial charge in [0.1, 0.15) is 18.0 Å². The van der Waals surface area contributed by atoms with Crippen LogP contribution in [0.25, 0.3) is 11.2 Å². The number of phenolic OH excluding ortho intramolecular Hbond substituents is 1. The number of aromatic hydroxyl groups is 1. The summed E-state index contributed by atoms with van der Waals surface area (Å²) in [5.74, 6) is 2.17. The molecule has 4 heterocycles. The number of fused-ring (bicyclic) bond motifs is 1. The van der Waals surface area contributed by atoms with E-state index in [4.69, 9.17) is 14.6 Å². The van der Waals surface area contributed by atoms with Crippen LogP contribution in [0.3, 0.4) is 0 Å². The second-order valence-electron chi connectivity index (χ2n) is 12.6. The van der Waals surface area contributed by atoms with Gasteiger partial charge < -0.3 is 34.5 Å². The zero-order valence-electron chi connectivity index (χ0n) is 27.3. The number of imidazole rings is 1. The molecule has 2 aliphatic heterocycles. The summed E-state index contributed by atoms with van der Waals surface area (Å²) in [5.41, 5.74) is 3.47. The molecule has 3 N–H and O–H groups in total. The van der Waals surface area contributed by atoms with E-state index in [0.717, 1.165) is 35.5 Å². The summed E-state index contributed by atoms with van der Waals surface area (Å²) in [4.78, 5) is 40.2. The minimum absolute atomic E-state index is 0.0806. The second kappa shape index (κ2) is 12.0. The lowest BCUT2D eigenvalue weighted by Crippen LogP contribution is -2.64. The monoisotopic (exact) mass is 644 g/mol. The maximum absolute atomic E-state index is 11.7. The van der Waals surface area contributed by atoms with Crippen molar-refractivity contribution >= 4 is 22.8 Å². The van der Waals surface area contributed by atoms with E-state index in [9.17, 15) is 19.5 Å². The molecule has 13 heteroatoms. The Morgan fingerprint density at radius 3 is 2.47 bits per heavy atom. The predicted octanol–water partition coefficient (Wildman–Crippen LogP) is 1.82. The largest absolute Gasteiger partial charge is 0.508 e. The van der Waals surface area contributed by atoms with Crippen molar-refractivity contribution in [1.29, 1.82) is 0 Å². The molecule has 1 amide bonds. The molecule has 1 spiro atoms. The van der Waals surface area contributed by atoms with Crippen molar-refractivity contribution in [3.63, 3.8) is 0 Å². The van der Waals surface area contributed by atoms with Gasteiger partial charge in [-0.25, -0.2) is 9.78 Å². The van der Waals surface area contributed by atoms with Gasteiger partial charge in [-0.1, -0.05) is 18.2 Å². The van der Waals surface area contributed by atoms with Crippen LogP contribution in [-0.2, 0) is 37.8 Å². The number of likely N-dealkylation sites (N-methyl/N-ethyl adjacent to an activating group) is 1. The minimum Gasteiger partial charge on any atom is -0.508 e. The van der Waals surface area contributed by atoms with Gasteiger partial charge in [0.05, 0.1) is 13.4 Å². The van der Waals surface area contributed by atoms with Crippen LogP contribution >= 0.6 is 0 Å². The van der Waals surface area contributed by atoms with Gasteiger partial charge in [-0.05, 0) is 62.3 Å². The molecule has 2 aromatic carbocycles. The number of hydrogen-bond acceptors (Lipinski definition) is 9. The van der Waals surface area contributed by atoms with Crippen LogP contribution in [-0.4, -0.2) is 78.7 Å². The third-order valence-electron chi connectivity index (χ3n) is 9.86. The number of piperidine rings is 1. The number of nitrogens with zero attached hydrogens (tertiary/aromatic N) is 5. The van der Waals surface area contributed by atoms with Crippen LogP contribution in [0.2, 0.25) is 0 Å². The highest BCUT2D eigenvalue weighted by atomic mass is 16.5. The Morgan fingerprint density at radius 1 is 1.06 bits per heavy atom. The van der Waals surface area contributed by atoms with Crippen molar-refractivity contribution in [3.8, 4) is 17.2 Å². The van der Waals surface area contributed by atoms with Gasteiger partial charge in [0, 0.05) is 56.7 Å². The highest BCUT2D eigenvalue weighted by molar-refractivity contribution is 5.88. The van der Waals surface area contributed by atoms with E-state index in [2.05, 4.69) is 34.4 Å². The predicted molar refractivity (Wildman–Crippen MR) is 176 cm³/mol. The SMILES string of the molecule is CC(=O)Nc1ccc(O)cc1.COc1ccc2c3c1O[C@H]1[C@@H](O)C=C[C@H]4[C@@H](C2)N(C)CC[C@@]341.Cn1c(=O)c2c(ncn2C)n(C)c1=O. The number of nitrogens with one attached hydrogen (secondary N) is 1. The van der Waals surface area contributed by atoms with E-state index in [-0.39, 0.29) is 34.4 Å². The van der Waals surface area contributed by atoms with Crippen LogP contribution in [0.5, 0.6) is 17.2 Å². The van der Waals surface area contributed by atoms with Crippen molar-refractivity contribution in [3.05, 3.63) is 86.8 Å². The summed E-state index contributed by atoms with van der Waals surface area (Å²) in [7, 11) is 8.68. The maximum atomic E-state index is 11.7. The number of anilines is 1. The van der Waals surface area contributed by atoms with Crippen LogP contribution in [0, 0.1) is 5.92 Å². The van der Waals surface area contributed by atoms with Gasteiger partial charge in [-0.2, -0.15) is 0 Å². The van der Waals surface area contributed by atoms with Gasteiger partial charge in [0.15, 0.2) is 22.7 Å². The molecule has 0 radical (unpaired) electrons. The number of aliphatic hydroxyl groups is 1. The molecule has 5 atom stereocenters. The average Bonchev–Trinajstić information content (AvgIpc) is 3.62. The fraction of sp³-hybridized carbons (Fsp3) is 0.412. The van der Waals surface area contributed by atoms with E-state index in [1.165, 1.54) is 48.1 Å². The fourth-order valence-corrected chi connectivity index (χ4v) is 7.61. The Labute approximate surface area is 271 Å². The molecule has 2 aromatic heterocycles. The van der Waals surface area contributed by atoms with Crippen LogP contribution in [0.15, 0.2) is 64.5 Å². The molecule has 248 valence electrons. The van der Waals surface area contributed by atoms with E-state index in [1.807, 2.05) is 12.1 Å². The number of aliphatic hydroxyl groups excluding tert-OH is 1.